The van der Waals surface area contributed by atoms with Gasteiger partial charge in [-0.15, -0.1) is 0 Å². The lowest BCUT2D eigenvalue weighted by atomic mass is 10.1. The first-order valence-electron chi connectivity index (χ1n) is 9.97. The fourth-order valence-electron chi connectivity index (χ4n) is 3.19. The van der Waals surface area contributed by atoms with Crippen LogP contribution in [-0.4, -0.2) is 26.2 Å². The Morgan fingerprint density at radius 2 is 1.94 bits per heavy atom. The SMILES string of the molecule is CCCc1cc(=O)oc2cc(OCC(=O)NCc3ccc(OC(F)F)c(OC)c3)ccc12. The average Bonchev–Trinajstić information content (AvgIpc) is 2.76. The molecule has 2 aromatic carbocycles. The van der Waals surface area contributed by atoms with Gasteiger partial charge in [-0.2, -0.15) is 8.78 Å². The van der Waals surface area contributed by atoms with Gasteiger partial charge < -0.3 is 23.9 Å². The summed E-state index contributed by atoms with van der Waals surface area (Å²) in [5.74, 6) is 0.0390. The van der Waals surface area contributed by atoms with E-state index in [4.69, 9.17) is 13.9 Å². The van der Waals surface area contributed by atoms with Gasteiger partial charge in [-0.1, -0.05) is 19.4 Å². The number of halogens is 2. The van der Waals surface area contributed by atoms with Gasteiger partial charge >= 0.3 is 12.2 Å². The zero-order valence-electron chi connectivity index (χ0n) is 17.7. The highest BCUT2D eigenvalue weighted by Crippen LogP contribution is 2.29. The van der Waals surface area contributed by atoms with Crippen LogP contribution in [-0.2, 0) is 17.8 Å². The van der Waals surface area contributed by atoms with Crippen LogP contribution in [0.15, 0.2) is 51.7 Å². The molecule has 0 unspecified atom stereocenters. The standard InChI is InChI=1S/C23H23F2NO6/c1-3-4-15-10-22(28)31-19-11-16(6-7-17(15)19)30-13-21(27)26-12-14-5-8-18(32-23(24)25)20(9-14)29-2/h5-11,23H,3-4,12-13H2,1-2H3,(H,26,27). The van der Waals surface area contributed by atoms with Crippen molar-refractivity contribution in [2.75, 3.05) is 13.7 Å². The maximum absolute atomic E-state index is 12.4. The van der Waals surface area contributed by atoms with Gasteiger partial charge in [-0.25, -0.2) is 4.79 Å². The fraction of sp³-hybridized carbons (Fsp3) is 0.304. The van der Waals surface area contributed by atoms with E-state index in [0.29, 0.717) is 16.9 Å². The van der Waals surface area contributed by atoms with E-state index in [1.165, 1.54) is 25.3 Å². The molecule has 1 heterocycles. The summed E-state index contributed by atoms with van der Waals surface area (Å²) in [4.78, 5) is 23.9. The first kappa shape index (κ1) is 23.1. The van der Waals surface area contributed by atoms with Gasteiger partial charge in [0.2, 0.25) is 0 Å². The number of nitrogens with one attached hydrogen (secondary N) is 1. The minimum atomic E-state index is -2.96. The smallest absolute Gasteiger partial charge is 0.387 e. The van der Waals surface area contributed by atoms with Crippen LogP contribution in [0, 0.1) is 0 Å². The molecule has 1 aromatic heterocycles. The molecule has 1 N–H and O–H groups in total. The number of alkyl halides is 2. The third-order valence-corrected chi connectivity index (χ3v) is 4.62. The Morgan fingerprint density at radius 1 is 1.12 bits per heavy atom. The molecular weight excluding hydrogens is 424 g/mol. The molecule has 0 aliphatic carbocycles. The zero-order chi connectivity index (χ0) is 23.1. The van der Waals surface area contributed by atoms with Crippen molar-refractivity contribution in [1.29, 1.82) is 0 Å². The molecule has 0 aliphatic rings. The molecule has 0 atom stereocenters. The monoisotopic (exact) mass is 447 g/mol. The molecule has 0 saturated carbocycles. The second kappa shape index (κ2) is 10.6. The van der Waals surface area contributed by atoms with Crippen molar-refractivity contribution in [3.8, 4) is 17.2 Å². The highest BCUT2D eigenvalue weighted by atomic mass is 19.3. The summed E-state index contributed by atoms with van der Waals surface area (Å²) in [6.45, 7) is -1.06. The summed E-state index contributed by atoms with van der Waals surface area (Å²) < 4.78 is 45.0. The Hall–Kier alpha value is -3.62. The number of amides is 1. The van der Waals surface area contributed by atoms with E-state index in [-0.39, 0.29) is 24.7 Å². The number of methoxy groups -OCH3 is 1. The maximum atomic E-state index is 12.4. The highest BCUT2D eigenvalue weighted by Gasteiger charge is 2.12. The van der Waals surface area contributed by atoms with Crippen molar-refractivity contribution in [2.45, 2.75) is 32.9 Å². The van der Waals surface area contributed by atoms with Gasteiger partial charge in [0.05, 0.1) is 7.11 Å². The van der Waals surface area contributed by atoms with E-state index in [9.17, 15) is 18.4 Å². The van der Waals surface area contributed by atoms with Crippen molar-refractivity contribution in [3.63, 3.8) is 0 Å². The number of carbonyl (C=O) groups excluding carboxylic acids is 1. The van der Waals surface area contributed by atoms with Crippen LogP contribution in [0.2, 0.25) is 0 Å². The van der Waals surface area contributed by atoms with E-state index < -0.39 is 18.1 Å². The number of hydrogen-bond donors (Lipinski definition) is 1. The second-order valence-electron chi connectivity index (χ2n) is 6.93. The summed E-state index contributed by atoms with van der Waals surface area (Å²) in [6, 6.07) is 11.0. The predicted octanol–water partition coefficient (Wildman–Crippen LogP) is 4.05. The third-order valence-electron chi connectivity index (χ3n) is 4.62. The minimum Gasteiger partial charge on any atom is -0.493 e. The minimum absolute atomic E-state index is 0.0917. The normalized spacial score (nSPS) is 10.9. The Bertz CT molecular complexity index is 1150. The summed E-state index contributed by atoms with van der Waals surface area (Å²) >= 11 is 0. The Kier molecular flexibility index (Phi) is 7.64. The molecule has 0 aliphatic heterocycles. The molecule has 0 spiro atoms. The van der Waals surface area contributed by atoms with Crippen molar-refractivity contribution in [1.82, 2.24) is 5.32 Å². The molecule has 0 fully saturated rings. The molecule has 0 radical (unpaired) electrons. The van der Waals surface area contributed by atoms with E-state index in [2.05, 4.69) is 10.1 Å². The van der Waals surface area contributed by atoms with Gasteiger partial charge in [0.1, 0.15) is 11.3 Å². The van der Waals surface area contributed by atoms with Crippen LogP contribution >= 0.6 is 0 Å². The van der Waals surface area contributed by atoms with Gasteiger partial charge in [-0.3, -0.25) is 4.79 Å². The van der Waals surface area contributed by atoms with Crippen molar-refractivity contribution >= 4 is 16.9 Å². The van der Waals surface area contributed by atoms with Gasteiger partial charge in [0, 0.05) is 24.1 Å². The zero-order valence-corrected chi connectivity index (χ0v) is 17.7. The largest absolute Gasteiger partial charge is 0.493 e. The molecular formula is C23H23F2NO6. The van der Waals surface area contributed by atoms with E-state index in [0.717, 1.165) is 23.8 Å². The van der Waals surface area contributed by atoms with Gasteiger partial charge in [0.15, 0.2) is 18.1 Å². The number of hydrogen-bond acceptors (Lipinski definition) is 6. The van der Waals surface area contributed by atoms with Crippen LogP contribution in [0.1, 0.15) is 24.5 Å². The number of carbonyl (C=O) groups is 1. The first-order chi connectivity index (χ1) is 15.4. The number of ether oxygens (including phenoxy) is 3. The molecule has 0 bridgehead atoms. The fourth-order valence-corrected chi connectivity index (χ4v) is 3.19. The molecule has 7 nitrogen and oxygen atoms in total. The van der Waals surface area contributed by atoms with Crippen LogP contribution in [0.25, 0.3) is 11.0 Å². The lowest BCUT2D eigenvalue weighted by Gasteiger charge is -2.12. The summed E-state index contributed by atoms with van der Waals surface area (Å²) in [5, 5.41) is 3.50. The molecule has 0 saturated heterocycles. The third kappa shape index (κ3) is 5.96. The van der Waals surface area contributed by atoms with Crippen LogP contribution in [0.4, 0.5) is 8.78 Å². The van der Waals surface area contributed by atoms with Crippen molar-refractivity contribution in [3.05, 3.63) is 64.0 Å². The topological polar surface area (TPSA) is 87.0 Å². The number of fused-ring (bicyclic) bond motifs is 1. The average molecular weight is 447 g/mol. The lowest BCUT2D eigenvalue weighted by Crippen LogP contribution is -2.28. The number of rotatable bonds is 10. The molecule has 32 heavy (non-hydrogen) atoms. The van der Waals surface area contributed by atoms with Gasteiger partial charge in [-0.05, 0) is 41.8 Å². The van der Waals surface area contributed by atoms with E-state index in [1.807, 2.05) is 6.92 Å². The highest BCUT2D eigenvalue weighted by molar-refractivity contribution is 5.82. The van der Waals surface area contributed by atoms with Crippen molar-refractivity contribution in [2.24, 2.45) is 0 Å². The van der Waals surface area contributed by atoms with E-state index in [1.54, 1.807) is 24.3 Å². The van der Waals surface area contributed by atoms with Gasteiger partial charge in [0.25, 0.3) is 5.91 Å². The summed E-state index contributed by atoms with van der Waals surface area (Å²) in [7, 11) is 1.33. The Labute approximate surface area is 182 Å². The summed E-state index contributed by atoms with van der Waals surface area (Å²) in [6.07, 6.45) is 1.65. The first-order valence-corrected chi connectivity index (χ1v) is 9.97. The Balaban J connectivity index is 1.59. The molecule has 9 heteroatoms. The lowest BCUT2D eigenvalue weighted by molar-refractivity contribution is -0.123. The quantitative estimate of drug-likeness (QED) is 0.472. The van der Waals surface area contributed by atoms with Crippen LogP contribution < -0.4 is 25.2 Å². The number of aryl methyl sites for hydroxylation is 1. The van der Waals surface area contributed by atoms with E-state index >= 15 is 0 Å². The molecule has 3 rings (SSSR count). The molecule has 170 valence electrons. The Morgan fingerprint density at radius 3 is 2.66 bits per heavy atom. The predicted molar refractivity (Wildman–Crippen MR) is 113 cm³/mol. The van der Waals surface area contributed by atoms with Crippen molar-refractivity contribution < 1.29 is 32.2 Å². The molecule has 1 amide bonds. The summed E-state index contributed by atoms with van der Waals surface area (Å²) in [5.41, 5.74) is 1.50. The van der Waals surface area contributed by atoms with Crippen LogP contribution in [0.3, 0.4) is 0 Å². The maximum Gasteiger partial charge on any atom is 0.387 e. The molecule has 3 aromatic rings. The second-order valence-corrected chi connectivity index (χ2v) is 6.93. The number of benzene rings is 2. The van der Waals surface area contributed by atoms with Crippen LogP contribution in [0.5, 0.6) is 17.2 Å².